The number of hydrogen-bond acceptors (Lipinski definition) is 5. The van der Waals surface area contributed by atoms with E-state index < -0.39 is 10.7 Å². The Morgan fingerprint density at radius 2 is 2.00 bits per heavy atom. The van der Waals surface area contributed by atoms with Crippen molar-refractivity contribution in [1.82, 2.24) is 0 Å². The number of methoxy groups -OCH3 is 1. The zero-order valence-electron chi connectivity index (χ0n) is 11.2. The molecule has 2 rings (SSSR count). The first-order valence-electron chi connectivity index (χ1n) is 6.04. The Labute approximate surface area is 120 Å². The minimum absolute atomic E-state index is 0.0563. The van der Waals surface area contributed by atoms with Gasteiger partial charge in [-0.2, -0.15) is 0 Å². The quantitative estimate of drug-likeness (QED) is 0.676. The number of non-ortho nitro benzene ring substituents is 1. The Bertz CT molecular complexity index is 676. The van der Waals surface area contributed by atoms with Gasteiger partial charge in [-0.15, -0.1) is 0 Å². The first-order chi connectivity index (χ1) is 10.1. The molecule has 0 unspecified atom stereocenters. The van der Waals surface area contributed by atoms with E-state index in [1.165, 1.54) is 43.5 Å². The largest absolute Gasteiger partial charge is 0.493 e. The normalized spacial score (nSPS) is 10.2. The van der Waals surface area contributed by atoms with Gasteiger partial charge in [0, 0.05) is 18.2 Å². The van der Waals surface area contributed by atoms with Crippen molar-refractivity contribution in [3.8, 4) is 17.2 Å². The molecule has 0 heterocycles. The van der Waals surface area contributed by atoms with Gasteiger partial charge < -0.3 is 15.2 Å². The molecule has 110 valence electrons. The lowest BCUT2D eigenvalue weighted by Gasteiger charge is -2.13. The summed E-state index contributed by atoms with van der Waals surface area (Å²) in [5.41, 5.74) is 5.52. The van der Waals surface area contributed by atoms with E-state index in [0.717, 1.165) is 0 Å². The van der Waals surface area contributed by atoms with Crippen molar-refractivity contribution in [3.63, 3.8) is 0 Å². The van der Waals surface area contributed by atoms with E-state index in [2.05, 4.69) is 0 Å². The molecule has 0 radical (unpaired) electrons. The van der Waals surface area contributed by atoms with Gasteiger partial charge in [0.15, 0.2) is 11.5 Å². The van der Waals surface area contributed by atoms with Gasteiger partial charge in [-0.25, -0.2) is 4.39 Å². The Kier molecular flexibility index (Phi) is 4.34. The molecule has 2 aromatic carbocycles. The topological polar surface area (TPSA) is 87.6 Å². The van der Waals surface area contributed by atoms with Crippen LogP contribution in [0.1, 0.15) is 5.56 Å². The summed E-state index contributed by atoms with van der Waals surface area (Å²) in [7, 11) is 1.41. The van der Waals surface area contributed by atoms with Crippen LogP contribution in [0.4, 0.5) is 10.1 Å². The maximum Gasteiger partial charge on any atom is 0.273 e. The maximum atomic E-state index is 13.6. The fourth-order valence-corrected chi connectivity index (χ4v) is 1.81. The average Bonchev–Trinajstić information content (AvgIpc) is 2.47. The highest BCUT2D eigenvalue weighted by Gasteiger charge is 2.15. The number of nitrogens with zero attached hydrogens (tertiary/aromatic N) is 1. The Hall–Kier alpha value is -2.67. The number of benzene rings is 2. The molecule has 0 amide bonds. The first-order valence-corrected chi connectivity index (χ1v) is 6.04. The van der Waals surface area contributed by atoms with Gasteiger partial charge in [0.05, 0.1) is 18.1 Å². The highest BCUT2D eigenvalue weighted by molar-refractivity contribution is 5.51. The minimum atomic E-state index is -0.554. The third-order valence-electron chi connectivity index (χ3n) is 2.86. The molecule has 0 aliphatic rings. The smallest absolute Gasteiger partial charge is 0.273 e. The lowest BCUT2D eigenvalue weighted by Crippen LogP contribution is -2.03. The van der Waals surface area contributed by atoms with Crippen molar-refractivity contribution >= 4 is 5.69 Å². The van der Waals surface area contributed by atoms with Crippen LogP contribution in [0.5, 0.6) is 17.2 Å². The van der Waals surface area contributed by atoms with Crippen molar-refractivity contribution in [2.75, 3.05) is 7.11 Å². The Morgan fingerprint density at radius 3 is 2.62 bits per heavy atom. The molecular formula is C14H13FN2O4. The van der Waals surface area contributed by atoms with Crippen molar-refractivity contribution in [1.29, 1.82) is 0 Å². The monoisotopic (exact) mass is 292 g/mol. The fourth-order valence-electron chi connectivity index (χ4n) is 1.81. The molecule has 7 heteroatoms. The summed E-state index contributed by atoms with van der Waals surface area (Å²) in [4.78, 5) is 10.3. The maximum absolute atomic E-state index is 13.6. The number of ether oxygens (including phenoxy) is 2. The number of nitro groups is 1. The van der Waals surface area contributed by atoms with Crippen molar-refractivity contribution in [2.45, 2.75) is 6.54 Å². The van der Waals surface area contributed by atoms with Crippen LogP contribution >= 0.6 is 0 Å². The second kappa shape index (κ2) is 6.19. The zero-order chi connectivity index (χ0) is 15.4. The summed E-state index contributed by atoms with van der Waals surface area (Å²) in [5, 5.41) is 10.8. The molecule has 2 N–H and O–H groups in total. The summed E-state index contributed by atoms with van der Waals surface area (Å²) >= 11 is 0. The number of hydrogen-bond donors (Lipinski definition) is 1. The molecule has 0 saturated carbocycles. The molecule has 0 fully saturated rings. The number of nitrogens with two attached hydrogens (primary N) is 1. The minimum Gasteiger partial charge on any atom is -0.493 e. The zero-order valence-corrected chi connectivity index (χ0v) is 11.2. The summed E-state index contributed by atoms with van der Waals surface area (Å²) in [5.74, 6) is 0.107. The van der Waals surface area contributed by atoms with Crippen LogP contribution in [-0.2, 0) is 6.54 Å². The van der Waals surface area contributed by atoms with Gasteiger partial charge in [-0.3, -0.25) is 10.1 Å². The highest BCUT2D eigenvalue weighted by atomic mass is 19.1. The molecule has 0 aliphatic heterocycles. The first kappa shape index (κ1) is 14.7. The predicted molar refractivity (Wildman–Crippen MR) is 74.0 cm³/mol. The van der Waals surface area contributed by atoms with Crippen molar-refractivity contribution < 1.29 is 18.8 Å². The number of halogens is 1. The van der Waals surface area contributed by atoms with E-state index in [1.807, 2.05) is 0 Å². The van der Waals surface area contributed by atoms with Crippen molar-refractivity contribution in [2.24, 2.45) is 5.73 Å². The number of nitro benzene ring substituents is 1. The predicted octanol–water partition coefficient (Wildman–Crippen LogP) is 2.99. The van der Waals surface area contributed by atoms with E-state index >= 15 is 0 Å². The van der Waals surface area contributed by atoms with Gasteiger partial charge in [0.25, 0.3) is 5.69 Å². The Morgan fingerprint density at radius 1 is 1.24 bits per heavy atom. The van der Waals surface area contributed by atoms with Gasteiger partial charge in [-0.05, 0) is 18.2 Å². The SMILES string of the molecule is COc1ccc([N+](=O)[O-])cc1Oc1cccc(F)c1CN. The molecule has 21 heavy (non-hydrogen) atoms. The van der Waals surface area contributed by atoms with E-state index in [-0.39, 0.29) is 29.3 Å². The second-order valence-electron chi connectivity index (χ2n) is 4.11. The number of rotatable bonds is 5. The lowest BCUT2D eigenvalue weighted by molar-refractivity contribution is -0.384. The summed E-state index contributed by atoms with van der Waals surface area (Å²) < 4.78 is 24.3. The van der Waals surface area contributed by atoms with Gasteiger partial charge in [0.1, 0.15) is 11.6 Å². The van der Waals surface area contributed by atoms with Crippen molar-refractivity contribution in [3.05, 3.63) is 57.9 Å². The van der Waals surface area contributed by atoms with Crippen LogP contribution in [0.15, 0.2) is 36.4 Å². The molecule has 0 saturated heterocycles. The third-order valence-corrected chi connectivity index (χ3v) is 2.86. The Balaban J connectivity index is 2.45. The lowest BCUT2D eigenvalue weighted by atomic mass is 10.2. The summed E-state index contributed by atoms with van der Waals surface area (Å²) in [6.45, 7) is -0.0563. The summed E-state index contributed by atoms with van der Waals surface area (Å²) in [6.07, 6.45) is 0. The van der Waals surface area contributed by atoms with Crippen LogP contribution in [0.2, 0.25) is 0 Å². The van der Waals surface area contributed by atoms with Gasteiger partial charge >= 0.3 is 0 Å². The standard InChI is InChI=1S/C14H13FN2O4/c1-20-13-6-5-9(17(18)19)7-14(13)21-12-4-2-3-11(15)10(12)8-16/h2-7H,8,16H2,1H3. The van der Waals surface area contributed by atoms with Crippen LogP contribution in [0.3, 0.4) is 0 Å². The molecular weight excluding hydrogens is 279 g/mol. The van der Waals surface area contributed by atoms with E-state index in [9.17, 15) is 14.5 Å². The van der Waals surface area contributed by atoms with E-state index in [0.29, 0.717) is 5.75 Å². The average molecular weight is 292 g/mol. The molecule has 2 aromatic rings. The molecule has 6 nitrogen and oxygen atoms in total. The fraction of sp³-hybridized carbons (Fsp3) is 0.143. The molecule has 0 spiro atoms. The summed E-state index contributed by atoms with van der Waals surface area (Å²) in [6, 6.07) is 8.18. The highest BCUT2D eigenvalue weighted by Crippen LogP contribution is 2.36. The second-order valence-corrected chi connectivity index (χ2v) is 4.11. The van der Waals surface area contributed by atoms with E-state index in [4.69, 9.17) is 15.2 Å². The third kappa shape index (κ3) is 3.09. The molecule has 0 aromatic heterocycles. The van der Waals surface area contributed by atoms with Gasteiger partial charge in [-0.1, -0.05) is 6.07 Å². The van der Waals surface area contributed by atoms with E-state index in [1.54, 1.807) is 0 Å². The van der Waals surface area contributed by atoms with Crippen LogP contribution < -0.4 is 15.2 Å². The van der Waals surface area contributed by atoms with Gasteiger partial charge in [0.2, 0.25) is 0 Å². The van der Waals surface area contributed by atoms with Crippen LogP contribution in [0, 0.1) is 15.9 Å². The molecule has 0 bridgehead atoms. The molecule has 0 aliphatic carbocycles. The van der Waals surface area contributed by atoms with Crippen LogP contribution in [-0.4, -0.2) is 12.0 Å². The molecule has 0 atom stereocenters. The van der Waals surface area contributed by atoms with Crippen LogP contribution in [0.25, 0.3) is 0 Å².